The molecule has 1 aromatic rings. The van der Waals surface area contributed by atoms with Gasteiger partial charge in [-0.05, 0) is 51.2 Å². The maximum absolute atomic E-state index is 12.6. The molecule has 2 amide bonds. The zero-order chi connectivity index (χ0) is 19.2. The van der Waals surface area contributed by atoms with Crippen molar-refractivity contribution >= 4 is 12.0 Å². The summed E-state index contributed by atoms with van der Waals surface area (Å²) >= 11 is 0. The zero-order valence-corrected chi connectivity index (χ0v) is 16.4. The van der Waals surface area contributed by atoms with Gasteiger partial charge >= 0.3 is 6.09 Å². The van der Waals surface area contributed by atoms with Crippen molar-refractivity contribution in [2.45, 2.75) is 59.1 Å². The highest BCUT2D eigenvalue weighted by molar-refractivity contribution is 5.77. The number of carbonyl (C=O) groups excluding carboxylic acids is 2. The lowest BCUT2D eigenvalue weighted by atomic mass is 9.99. The highest BCUT2D eigenvalue weighted by Crippen LogP contribution is 2.17. The Morgan fingerprint density at radius 3 is 2.58 bits per heavy atom. The second kappa shape index (κ2) is 9.01. The van der Waals surface area contributed by atoms with Gasteiger partial charge in [0.25, 0.3) is 0 Å². The summed E-state index contributed by atoms with van der Waals surface area (Å²) in [5.41, 5.74) is 0.342. The van der Waals surface area contributed by atoms with E-state index < -0.39 is 11.7 Å². The van der Waals surface area contributed by atoms with Crippen LogP contribution in [0, 0.1) is 5.92 Å². The third kappa shape index (κ3) is 6.65. The number of aromatic nitrogens is 1. The molecule has 0 unspecified atom stereocenters. The first kappa shape index (κ1) is 20.2. The van der Waals surface area contributed by atoms with Gasteiger partial charge in [0.05, 0.1) is 6.54 Å². The number of hydrogen-bond acceptors (Lipinski definition) is 4. The Morgan fingerprint density at radius 1 is 1.31 bits per heavy atom. The van der Waals surface area contributed by atoms with Crippen LogP contribution in [0.1, 0.15) is 52.5 Å². The number of amides is 2. The van der Waals surface area contributed by atoms with Crippen LogP contribution in [0.25, 0.3) is 0 Å². The van der Waals surface area contributed by atoms with E-state index in [9.17, 15) is 9.59 Å². The number of pyridine rings is 1. The first-order valence-electron chi connectivity index (χ1n) is 9.39. The van der Waals surface area contributed by atoms with Crippen LogP contribution in [0.5, 0.6) is 0 Å². The van der Waals surface area contributed by atoms with Crippen molar-refractivity contribution in [3.8, 4) is 0 Å². The second-order valence-electron chi connectivity index (χ2n) is 8.08. The topological polar surface area (TPSA) is 62.7 Å². The largest absolute Gasteiger partial charge is 0.444 e. The van der Waals surface area contributed by atoms with E-state index in [2.05, 4.69) is 11.9 Å². The first-order valence-corrected chi connectivity index (χ1v) is 9.39. The van der Waals surface area contributed by atoms with Crippen molar-refractivity contribution in [2.75, 3.05) is 19.6 Å². The molecule has 0 bridgehead atoms. The average Bonchev–Trinajstić information content (AvgIpc) is 2.58. The van der Waals surface area contributed by atoms with Crippen molar-refractivity contribution in [1.29, 1.82) is 0 Å². The number of ether oxygens (including phenoxy) is 1. The van der Waals surface area contributed by atoms with Crippen molar-refractivity contribution < 1.29 is 14.3 Å². The Morgan fingerprint density at radius 2 is 2.00 bits per heavy atom. The van der Waals surface area contributed by atoms with Gasteiger partial charge in [0.15, 0.2) is 0 Å². The van der Waals surface area contributed by atoms with Gasteiger partial charge in [-0.1, -0.05) is 13.0 Å². The fourth-order valence-electron chi connectivity index (χ4n) is 2.92. The molecule has 26 heavy (non-hydrogen) atoms. The van der Waals surface area contributed by atoms with E-state index >= 15 is 0 Å². The predicted molar refractivity (Wildman–Crippen MR) is 100 cm³/mol. The Labute approximate surface area is 156 Å². The van der Waals surface area contributed by atoms with Gasteiger partial charge in [0.1, 0.15) is 5.60 Å². The lowest BCUT2D eigenvalue weighted by Crippen LogP contribution is -2.41. The summed E-state index contributed by atoms with van der Waals surface area (Å²) in [5, 5.41) is 0. The molecule has 0 aromatic carbocycles. The lowest BCUT2D eigenvalue weighted by molar-refractivity contribution is -0.132. The Kier molecular flexibility index (Phi) is 7.00. The lowest BCUT2D eigenvalue weighted by Gasteiger charge is -2.31. The SMILES string of the molecule is CC1CCN(C(=O)CCN(Cc2cccnc2)C(=O)OC(C)(C)C)CC1. The maximum atomic E-state index is 12.6. The normalized spacial score (nSPS) is 15.6. The van der Waals surface area contributed by atoms with E-state index in [1.54, 1.807) is 17.3 Å². The van der Waals surface area contributed by atoms with E-state index in [-0.39, 0.29) is 5.91 Å². The van der Waals surface area contributed by atoms with Gasteiger partial charge < -0.3 is 14.5 Å². The molecule has 1 aliphatic heterocycles. The van der Waals surface area contributed by atoms with Crippen LogP contribution in [0.3, 0.4) is 0 Å². The van der Waals surface area contributed by atoms with Gasteiger partial charge in [-0.2, -0.15) is 0 Å². The molecule has 6 nitrogen and oxygen atoms in total. The first-order chi connectivity index (χ1) is 12.2. The molecule has 2 heterocycles. The molecule has 144 valence electrons. The van der Waals surface area contributed by atoms with Crippen molar-refractivity contribution in [3.63, 3.8) is 0 Å². The number of rotatable bonds is 5. The molecular weight excluding hydrogens is 330 g/mol. The van der Waals surface area contributed by atoms with Crippen LogP contribution in [0.2, 0.25) is 0 Å². The molecule has 0 aliphatic carbocycles. The Balaban J connectivity index is 1.96. The molecule has 6 heteroatoms. The van der Waals surface area contributed by atoms with Gasteiger partial charge in [0.2, 0.25) is 5.91 Å². The van der Waals surface area contributed by atoms with Crippen LogP contribution >= 0.6 is 0 Å². The number of hydrogen-bond donors (Lipinski definition) is 0. The van der Waals surface area contributed by atoms with Crippen LogP contribution in [0.15, 0.2) is 24.5 Å². The average molecular weight is 361 g/mol. The number of piperidine rings is 1. The Hall–Kier alpha value is -2.11. The zero-order valence-electron chi connectivity index (χ0n) is 16.4. The fraction of sp³-hybridized carbons (Fsp3) is 0.650. The standard InChI is InChI=1S/C20H31N3O3/c1-16-7-11-22(12-8-16)18(24)9-13-23(19(25)26-20(2,3)4)15-17-6-5-10-21-14-17/h5-6,10,14,16H,7-9,11-13,15H2,1-4H3. The smallest absolute Gasteiger partial charge is 0.410 e. The molecule has 1 saturated heterocycles. The van der Waals surface area contributed by atoms with Gasteiger partial charge in [-0.3, -0.25) is 9.78 Å². The molecule has 0 N–H and O–H groups in total. The maximum Gasteiger partial charge on any atom is 0.410 e. The molecular formula is C20H31N3O3. The van der Waals surface area contributed by atoms with Crippen LogP contribution in [0.4, 0.5) is 4.79 Å². The third-order valence-electron chi connectivity index (χ3n) is 4.48. The minimum absolute atomic E-state index is 0.108. The summed E-state index contributed by atoms with van der Waals surface area (Å²) < 4.78 is 5.51. The number of nitrogens with zero attached hydrogens (tertiary/aromatic N) is 3. The molecule has 1 fully saturated rings. The summed E-state index contributed by atoms with van der Waals surface area (Å²) in [4.78, 5) is 32.7. The van der Waals surface area contributed by atoms with Crippen LogP contribution in [-0.2, 0) is 16.1 Å². The van der Waals surface area contributed by atoms with Crippen LogP contribution in [-0.4, -0.2) is 52.0 Å². The summed E-state index contributed by atoms with van der Waals surface area (Å²) in [5.74, 6) is 0.791. The van der Waals surface area contributed by atoms with Gasteiger partial charge in [0, 0.05) is 38.4 Å². The van der Waals surface area contributed by atoms with E-state index in [0.29, 0.717) is 25.4 Å². The Bertz CT molecular complexity index is 590. The summed E-state index contributed by atoms with van der Waals surface area (Å²) in [6.07, 6.45) is 5.44. The van der Waals surface area contributed by atoms with E-state index in [0.717, 1.165) is 31.5 Å². The molecule has 0 atom stereocenters. The van der Waals surface area contributed by atoms with Crippen molar-refractivity contribution in [3.05, 3.63) is 30.1 Å². The minimum atomic E-state index is -0.572. The molecule has 0 saturated carbocycles. The summed E-state index contributed by atoms with van der Waals surface area (Å²) in [6.45, 7) is 10.1. The quantitative estimate of drug-likeness (QED) is 0.806. The molecule has 1 aliphatic rings. The van der Waals surface area contributed by atoms with Gasteiger partial charge in [-0.25, -0.2) is 4.79 Å². The fourth-order valence-corrected chi connectivity index (χ4v) is 2.92. The predicted octanol–water partition coefficient (Wildman–Crippen LogP) is 3.47. The highest BCUT2D eigenvalue weighted by atomic mass is 16.6. The molecule has 0 radical (unpaired) electrons. The summed E-state index contributed by atoms with van der Waals surface area (Å²) in [6, 6.07) is 3.75. The number of likely N-dealkylation sites (tertiary alicyclic amines) is 1. The minimum Gasteiger partial charge on any atom is -0.444 e. The van der Waals surface area contributed by atoms with E-state index in [4.69, 9.17) is 4.74 Å². The number of carbonyl (C=O) groups is 2. The summed E-state index contributed by atoms with van der Waals surface area (Å²) in [7, 11) is 0. The molecule has 0 spiro atoms. The molecule has 2 rings (SSSR count). The van der Waals surface area contributed by atoms with E-state index in [1.165, 1.54) is 0 Å². The van der Waals surface area contributed by atoms with Crippen molar-refractivity contribution in [1.82, 2.24) is 14.8 Å². The van der Waals surface area contributed by atoms with Crippen LogP contribution < -0.4 is 0 Å². The molecule has 1 aromatic heterocycles. The second-order valence-corrected chi connectivity index (χ2v) is 8.08. The van der Waals surface area contributed by atoms with E-state index in [1.807, 2.05) is 37.8 Å². The van der Waals surface area contributed by atoms with Gasteiger partial charge in [-0.15, -0.1) is 0 Å². The highest BCUT2D eigenvalue weighted by Gasteiger charge is 2.25. The monoisotopic (exact) mass is 361 g/mol. The third-order valence-corrected chi connectivity index (χ3v) is 4.48. The van der Waals surface area contributed by atoms with Crippen molar-refractivity contribution in [2.24, 2.45) is 5.92 Å².